The van der Waals surface area contributed by atoms with E-state index in [0.29, 0.717) is 6.42 Å². The van der Waals surface area contributed by atoms with Crippen molar-refractivity contribution in [2.75, 3.05) is 24.6 Å². The molecule has 2 atom stereocenters. The minimum Gasteiger partial charge on any atom is -0.480 e. The van der Waals surface area contributed by atoms with Gasteiger partial charge in [0.05, 0.1) is 11.5 Å². The topological polar surface area (TPSA) is 104 Å². The minimum atomic E-state index is -3.05. The van der Waals surface area contributed by atoms with Gasteiger partial charge in [-0.05, 0) is 5.92 Å². The Hall–Kier alpha value is -1.31. The van der Waals surface area contributed by atoms with E-state index < -0.39 is 27.9 Å². The number of nitrogens with one attached hydrogen (secondary N) is 1. The van der Waals surface area contributed by atoms with Gasteiger partial charge in [-0.15, -0.1) is 0 Å². The lowest BCUT2D eigenvalue weighted by atomic mass is 9.99. The van der Waals surface area contributed by atoms with E-state index >= 15 is 0 Å². The Morgan fingerprint density at radius 1 is 1.32 bits per heavy atom. The van der Waals surface area contributed by atoms with E-state index in [9.17, 15) is 18.0 Å². The van der Waals surface area contributed by atoms with Gasteiger partial charge in [-0.3, -0.25) is 0 Å². The zero-order valence-corrected chi connectivity index (χ0v) is 11.9. The van der Waals surface area contributed by atoms with Gasteiger partial charge in [0.15, 0.2) is 9.84 Å². The van der Waals surface area contributed by atoms with Crippen LogP contribution in [0.4, 0.5) is 4.79 Å². The number of aliphatic carboxylic acids is 1. The van der Waals surface area contributed by atoms with Crippen LogP contribution in [0.2, 0.25) is 0 Å². The van der Waals surface area contributed by atoms with Crippen LogP contribution in [-0.4, -0.2) is 61.1 Å². The molecular formula is C11H20N2O5S. The van der Waals surface area contributed by atoms with Gasteiger partial charge in [0, 0.05) is 13.1 Å². The average Bonchev–Trinajstić information content (AvgIpc) is 2.34. The summed E-state index contributed by atoms with van der Waals surface area (Å²) in [6, 6.07) is -1.46. The van der Waals surface area contributed by atoms with Crippen molar-refractivity contribution < 1.29 is 23.1 Å². The van der Waals surface area contributed by atoms with E-state index in [0.717, 1.165) is 0 Å². The lowest BCUT2D eigenvalue weighted by molar-refractivity contribution is -0.140. The predicted molar refractivity (Wildman–Crippen MR) is 69.6 cm³/mol. The zero-order chi connectivity index (χ0) is 14.6. The van der Waals surface area contributed by atoms with Gasteiger partial charge >= 0.3 is 12.0 Å². The molecule has 1 saturated heterocycles. The number of carbonyl (C=O) groups is 2. The van der Waals surface area contributed by atoms with E-state index in [1.807, 2.05) is 6.92 Å². The maximum atomic E-state index is 11.9. The second-order valence-electron chi connectivity index (χ2n) is 4.79. The van der Waals surface area contributed by atoms with Crippen LogP contribution < -0.4 is 5.32 Å². The maximum Gasteiger partial charge on any atom is 0.326 e. The van der Waals surface area contributed by atoms with Crippen molar-refractivity contribution >= 4 is 21.8 Å². The first kappa shape index (κ1) is 15.7. The molecule has 0 spiro atoms. The van der Waals surface area contributed by atoms with Gasteiger partial charge < -0.3 is 15.3 Å². The highest BCUT2D eigenvalue weighted by molar-refractivity contribution is 7.91. The van der Waals surface area contributed by atoms with Gasteiger partial charge in [0.25, 0.3) is 0 Å². The summed E-state index contributed by atoms with van der Waals surface area (Å²) in [5.74, 6) is -1.40. The first-order valence-electron chi connectivity index (χ1n) is 6.25. The summed E-state index contributed by atoms with van der Waals surface area (Å²) in [6.07, 6.45) is 0.631. The smallest absolute Gasteiger partial charge is 0.326 e. The monoisotopic (exact) mass is 292 g/mol. The van der Waals surface area contributed by atoms with Crippen LogP contribution in [0.15, 0.2) is 0 Å². The molecule has 2 amide bonds. The summed E-state index contributed by atoms with van der Waals surface area (Å²) in [5.41, 5.74) is 0. The van der Waals surface area contributed by atoms with Gasteiger partial charge in [0.1, 0.15) is 6.04 Å². The molecule has 1 aliphatic heterocycles. The highest BCUT2D eigenvalue weighted by atomic mass is 32.2. The number of hydrogen-bond acceptors (Lipinski definition) is 4. The van der Waals surface area contributed by atoms with Crippen molar-refractivity contribution in [3.63, 3.8) is 0 Å². The molecule has 8 heteroatoms. The normalized spacial score (nSPS) is 21.5. The van der Waals surface area contributed by atoms with Crippen molar-refractivity contribution in [3.05, 3.63) is 0 Å². The van der Waals surface area contributed by atoms with Crippen LogP contribution in [0.25, 0.3) is 0 Å². The van der Waals surface area contributed by atoms with E-state index in [1.54, 1.807) is 6.92 Å². The minimum absolute atomic E-state index is 0.0680. The van der Waals surface area contributed by atoms with E-state index in [4.69, 9.17) is 5.11 Å². The Morgan fingerprint density at radius 2 is 1.84 bits per heavy atom. The van der Waals surface area contributed by atoms with Crippen LogP contribution in [0.5, 0.6) is 0 Å². The van der Waals surface area contributed by atoms with Crippen LogP contribution in [0.3, 0.4) is 0 Å². The summed E-state index contributed by atoms with van der Waals surface area (Å²) in [4.78, 5) is 24.3. The molecule has 0 unspecified atom stereocenters. The predicted octanol–water partition coefficient (Wildman–Crippen LogP) is -0.0743. The van der Waals surface area contributed by atoms with Crippen LogP contribution >= 0.6 is 0 Å². The third-order valence-electron chi connectivity index (χ3n) is 3.39. The molecule has 110 valence electrons. The molecule has 1 rings (SSSR count). The largest absolute Gasteiger partial charge is 0.480 e. The lowest BCUT2D eigenvalue weighted by Crippen LogP contribution is -2.54. The number of hydrogen-bond donors (Lipinski definition) is 2. The van der Waals surface area contributed by atoms with Gasteiger partial charge in [-0.25, -0.2) is 18.0 Å². The van der Waals surface area contributed by atoms with E-state index in [1.165, 1.54) is 4.90 Å². The highest BCUT2D eigenvalue weighted by Gasteiger charge is 2.30. The molecule has 19 heavy (non-hydrogen) atoms. The Balaban J connectivity index is 2.61. The molecule has 1 aliphatic rings. The molecule has 7 nitrogen and oxygen atoms in total. The van der Waals surface area contributed by atoms with Crippen LogP contribution in [0.1, 0.15) is 20.3 Å². The Bertz CT molecular complexity index is 434. The molecule has 1 heterocycles. The van der Waals surface area contributed by atoms with Crippen molar-refractivity contribution in [2.24, 2.45) is 5.92 Å². The second kappa shape index (κ2) is 6.23. The summed E-state index contributed by atoms with van der Waals surface area (Å²) >= 11 is 0. The average molecular weight is 292 g/mol. The van der Waals surface area contributed by atoms with Gasteiger partial charge in [-0.1, -0.05) is 20.3 Å². The van der Waals surface area contributed by atoms with Crippen molar-refractivity contribution in [2.45, 2.75) is 26.3 Å². The molecule has 0 aliphatic carbocycles. The van der Waals surface area contributed by atoms with Gasteiger partial charge in [-0.2, -0.15) is 0 Å². The third kappa shape index (κ3) is 4.38. The van der Waals surface area contributed by atoms with Crippen molar-refractivity contribution in [1.82, 2.24) is 10.2 Å². The highest BCUT2D eigenvalue weighted by Crippen LogP contribution is 2.10. The van der Waals surface area contributed by atoms with Crippen molar-refractivity contribution in [1.29, 1.82) is 0 Å². The lowest BCUT2D eigenvalue weighted by Gasteiger charge is -2.29. The number of sulfone groups is 1. The molecule has 0 aromatic rings. The molecule has 2 N–H and O–H groups in total. The Labute approximate surface area is 112 Å². The number of amides is 2. The molecule has 0 aromatic carbocycles. The first-order valence-corrected chi connectivity index (χ1v) is 8.07. The third-order valence-corrected chi connectivity index (χ3v) is 5.00. The number of urea groups is 1. The SMILES string of the molecule is CC[C@H](C)[C@H](NC(=O)N1CCS(=O)(=O)CC1)C(=O)O. The number of nitrogens with zero attached hydrogens (tertiary/aromatic N) is 1. The zero-order valence-electron chi connectivity index (χ0n) is 11.1. The van der Waals surface area contributed by atoms with Crippen LogP contribution in [-0.2, 0) is 14.6 Å². The number of rotatable bonds is 4. The fourth-order valence-electron chi connectivity index (χ4n) is 1.82. The molecule has 0 radical (unpaired) electrons. The molecule has 0 bridgehead atoms. The summed E-state index contributed by atoms with van der Waals surface area (Å²) < 4.78 is 22.5. The summed E-state index contributed by atoms with van der Waals surface area (Å²) in [6.45, 7) is 3.82. The molecule has 0 saturated carbocycles. The number of carboxylic acid groups (broad SMARTS) is 1. The fraction of sp³-hybridized carbons (Fsp3) is 0.818. The second-order valence-corrected chi connectivity index (χ2v) is 7.09. The van der Waals surface area contributed by atoms with E-state index in [-0.39, 0.29) is 30.5 Å². The molecular weight excluding hydrogens is 272 g/mol. The standard InChI is InChI=1S/C11H20N2O5S/c1-3-8(2)9(10(14)15)12-11(16)13-4-6-19(17,18)7-5-13/h8-9H,3-7H2,1-2H3,(H,12,16)(H,14,15)/t8-,9-/m0/s1. The van der Waals surface area contributed by atoms with E-state index in [2.05, 4.69) is 5.32 Å². The summed E-state index contributed by atoms with van der Waals surface area (Å²) in [5, 5.41) is 11.5. The quantitative estimate of drug-likeness (QED) is 0.754. The summed E-state index contributed by atoms with van der Waals surface area (Å²) in [7, 11) is -3.05. The van der Waals surface area contributed by atoms with Gasteiger partial charge in [0.2, 0.25) is 0 Å². The van der Waals surface area contributed by atoms with Crippen molar-refractivity contribution in [3.8, 4) is 0 Å². The molecule has 0 aromatic heterocycles. The Morgan fingerprint density at radius 3 is 2.26 bits per heavy atom. The fourth-order valence-corrected chi connectivity index (χ4v) is 3.02. The maximum absolute atomic E-state index is 11.9. The Kier molecular flexibility index (Phi) is 5.16. The molecule has 1 fully saturated rings. The first-order chi connectivity index (χ1) is 8.76. The number of carboxylic acids is 1. The number of carbonyl (C=O) groups excluding carboxylic acids is 1. The van der Waals surface area contributed by atoms with Crippen LogP contribution in [0, 0.1) is 5.92 Å².